The lowest BCUT2D eigenvalue weighted by atomic mass is 10.0. The second-order valence-electron chi connectivity index (χ2n) is 5.19. The lowest BCUT2D eigenvalue weighted by molar-refractivity contribution is -0.384. The van der Waals surface area contributed by atoms with Gasteiger partial charge in [0.1, 0.15) is 5.82 Å². The van der Waals surface area contributed by atoms with E-state index in [2.05, 4.69) is 14.7 Å². The molecule has 0 amide bonds. The molecule has 0 unspecified atom stereocenters. The number of benzene rings is 1. The highest BCUT2D eigenvalue weighted by Gasteiger charge is 2.28. The Morgan fingerprint density at radius 2 is 2.33 bits per heavy atom. The number of nitro benzene ring substituents is 1. The molecule has 0 spiro atoms. The van der Waals surface area contributed by atoms with E-state index in [1.807, 2.05) is 13.0 Å². The van der Waals surface area contributed by atoms with Crippen molar-refractivity contribution in [1.29, 1.82) is 0 Å². The van der Waals surface area contributed by atoms with Gasteiger partial charge in [-0.3, -0.25) is 10.1 Å². The van der Waals surface area contributed by atoms with E-state index in [4.69, 9.17) is 0 Å². The van der Waals surface area contributed by atoms with Crippen LogP contribution in [0.2, 0.25) is 0 Å². The van der Waals surface area contributed by atoms with Gasteiger partial charge in [0.15, 0.2) is 0 Å². The Balaban J connectivity index is 1.77. The van der Waals surface area contributed by atoms with Gasteiger partial charge in [-0.15, -0.1) is 0 Å². The monoisotopic (exact) mass is 304 g/mol. The summed E-state index contributed by atoms with van der Waals surface area (Å²) in [6, 6.07) is 6.74. The molecule has 0 radical (unpaired) electrons. The average molecular weight is 304 g/mol. The van der Waals surface area contributed by atoms with Gasteiger partial charge in [0.05, 0.1) is 11.0 Å². The molecule has 0 saturated heterocycles. The fraction of sp³-hybridized carbons (Fsp3) is 0.429. The van der Waals surface area contributed by atoms with Crippen molar-refractivity contribution in [3.63, 3.8) is 0 Å². The summed E-state index contributed by atoms with van der Waals surface area (Å²) in [7, 11) is 0. The predicted octanol–water partition coefficient (Wildman–Crippen LogP) is 3.89. The number of hydrogen-bond acceptors (Lipinski definition) is 6. The fourth-order valence-electron chi connectivity index (χ4n) is 2.23. The molecule has 1 fully saturated rings. The summed E-state index contributed by atoms with van der Waals surface area (Å²) in [5.41, 5.74) is 1.01. The molecule has 1 N–H and O–H groups in total. The van der Waals surface area contributed by atoms with Crippen LogP contribution in [-0.2, 0) is 0 Å². The summed E-state index contributed by atoms with van der Waals surface area (Å²) < 4.78 is 4.36. The highest BCUT2D eigenvalue weighted by Crippen LogP contribution is 2.39. The van der Waals surface area contributed by atoms with Gasteiger partial charge in [-0.25, -0.2) is 4.98 Å². The summed E-state index contributed by atoms with van der Waals surface area (Å²) in [4.78, 5) is 15.0. The van der Waals surface area contributed by atoms with Crippen molar-refractivity contribution >= 4 is 22.4 Å². The zero-order chi connectivity index (χ0) is 14.8. The predicted molar refractivity (Wildman–Crippen MR) is 81.6 cm³/mol. The molecule has 1 saturated carbocycles. The standard InChI is InChI=1S/C14H16N4O2S/c1-2-12(10-4-3-5-11(8-10)18(19)20)15-14-16-13(17-21-14)9-6-7-9/h3-5,8-9,12H,2,6-7H2,1H3,(H,15,16,17)/t12-/m0/s1. The zero-order valence-corrected chi connectivity index (χ0v) is 12.5. The third-order valence-electron chi connectivity index (χ3n) is 3.57. The number of nitrogens with one attached hydrogen (secondary N) is 1. The first-order valence-electron chi connectivity index (χ1n) is 7.02. The quantitative estimate of drug-likeness (QED) is 0.647. The van der Waals surface area contributed by atoms with E-state index >= 15 is 0 Å². The molecular weight excluding hydrogens is 288 g/mol. The number of aromatic nitrogens is 2. The highest BCUT2D eigenvalue weighted by atomic mass is 32.1. The van der Waals surface area contributed by atoms with Gasteiger partial charge in [0, 0.05) is 29.6 Å². The lowest BCUT2D eigenvalue weighted by Crippen LogP contribution is -2.09. The van der Waals surface area contributed by atoms with Crippen molar-refractivity contribution < 1.29 is 4.92 Å². The van der Waals surface area contributed by atoms with E-state index in [-0.39, 0.29) is 16.7 Å². The van der Waals surface area contributed by atoms with Crippen LogP contribution < -0.4 is 5.32 Å². The molecule has 1 aliphatic carbocycles. The van der Waals surface area contributed by atoms with Crippen LogP contribution in [0.4, 0.5) is 10.8 Å². The van der Waals surface area contributed by atoms with Gasteiger partial charge >= 0.3 is 0 Å². The zero-order valence-electron chi connectivity index (χ0n) is 11.7. The summed E-state index contributed by atoms with van der Waals surface area (Å²) >= 11 is 1.36. The molecule has 1 heterocycles. The molecule has 6 nitrogen and oxygen atoms in total. The number of nitrogens with zero attached hydrogens (tertiary/aromatic N) is 3. The second kappa shape index (κ2) is 5.77. The van der Waals surface area contributed by atoms with Crippen molar-refractivity contribution in [2.45, 2.75) is 38.1 Å². The van der Waals surface area contributed by atoms with Gasteiger partial charge in [0.2, 0.25) is 5.13 Å². The molecule has 7 heteroatoms. The Kier molecular flexibility index (Phi) is 3.83. The average Bonchev–Trinajstić information content (AvgIpc) is 3.24. The minimum atomic E-state index is -0.369. The van der Waals surface area contributed by atoms with E-state index in [1.54, 1.807) is 12.1 Å². The van der Waals surface area contributed by atoms with Crippen LogP contribution in [0.3, 0.4) is 0 Å². The minimum Gasteiger partial charge on any atom is -0.353 e. The first-order chi connectivity index (χ1) is 10.2. The van der Waals surface area contributed by atoms with Crippen LogP contribution in [0, 0.1) is 10.1 Å². The van der Waals surface area contributed by atoms with Crippen LogP contribution in [0.25, 0.3) is 0 Å². The molecule has 2 aromatic rings. The first kappa shape index (κ1) is 13.9. The SMILES string of the molecule is CC[C@H](Nc1nc(C2CC2)ns1)c1cccc([N+](=O)[O-])c1. The number of anilines is 1. The molecule has 1 atom stereocenters. The van der Waals surface area contributed by atoms with Crippen molar-refractivity contribution in [3.05, 3.63) is 45.8 Å². The van der Waals surface area contributed by atoms with Crippen LogP contribution >= 0.6 is 11.5 Å². The molecule has 110 valence electrons. The van der Waals surface area contributed by atoms with Crippen LogP contribution in [0.5, 0.6) is 0 Å². The largest absolute Gasteiger partial charge is 0.353 e. The summed E-state index contributed by atoms with van der Waals surface area (Å²) in [5, 5.41) is 15.0. The van der Waals surface area contributed by atoms with Gasteiger partial charge in [-0.05, 0) is 24.8 Å². The Hall–Kier alpha value is -2.02. The Morgan fingerprint density at radius 1 is 1.52 bits per heavy atom. The number of non-ortho nitro benzene ring substituents is 1. The normalized spacial score (nSPS) is 15.7. The smallest absolute Gasteiger partial charge is 0.269 e. The van der Waals surface area contributed by atoms with Crippen LogP contribution in [0.15, 0.2) is 24.3 Å². The molecule has 0 bridgehead atoms. The van der Waals surface area contributed by atoms with Crippen molar-refractivity contribution in [1.82, 2.24) is 9.36 Å². The lowest BCUT2D eigenvalue weighted by Gasteiger charge is -2.16. The fourth-order valence-corrected chi connectivity index (χ4v) is 2.93. The Labute approximate surface area is 126 Å². The second-order valence-corrected chi connectivity index (χ2v) is 5.94. The first-order valence-corrected chi connectivity index (χ1v) is 7.79. The molecule has 0 aliphatic heterocycles. The third kappa shape index (κ3) is 3.18. The topological polar surface area (TPSA) is 81.0 Å². The molecule has 1 aromatic carbocycles. The minimum absolute atomic E-state index is 0.00454. The number of nitro groups is 1. The number of rotatable bonds is 6. The number of hydrogen-bond donors (Lipinski definition) is 1. The van der Waals surface area contributed by atoms with Crippen LogP contribution in [0.1, 0.15) is 49.5 Å². The molecule has 1 aromatic heterocycles. The van der Waals surface area contributed by atoms with Gasteiger partial charge in [-0.2, -0.15) is 4.37 Å². The van der Waals surface area contributed by atoms with Crippen LogP contribution in [-0.4, -0.2) is 14.3 Å². The van der Waals surface area contributed by atoms with E-state index in [0.717, 1.165) is 22.9 Å². The van der Waals surface area contributed by atoms with E-state index in [9.17, 15) is 10.1 Å². The van der Waals surface area contributed by atoms with Crippen molar-refractivity contribution in [2.24, 2.45) is 0 Å². The van der Waals surface area contributed by atoms with E-state index < -0.39 is 0 Å². The summed E-state index contributed by atoms with van der Waals surface area (Å²) in [6.45, 7) is 2.04. The van der Waals surface area contributed by atoms with E-state index in [1.165, 1.54) is 30.4 Å². The molecular formula is C14H16N4O2S. The molecule has 1 aliphatic rings. The van der Waals surface area contributed by atoms with Gasteiger partial charge < -0.3 is 5.32 Å². The maximum atomic E-state index is 10.9. The van der Waals surface area contributed by atoms with E-state index in [0.29, 0.717) is 5.92 Å². The summed E-state index contributed by atoms with van der Waals surface area (Å²) in [6.07, 6.45) is 3.18. The summed E-state index contributed by atoms with van der Waals surface area (Å²) in [5.74, 6) is 1.46. The molecule has 21 heavy (non-hydrogen) atoms. The van der Waals surface area contributed by atoms with Gasteiger partial charge in [0.25, 0.3) is 5.69 Å². The van der Waals surface area contributed by atoms with Crippen molar-refractivity contribution in [3.8, 4) is 0 Å². The van der Waals surface area contributed by atoms with Crippen molar-refractivity contribution in [2.75, 3.05) is 5.32 Å². The third-order valence-corrected chi connectivity index (χ3v) is 4.23. The Bertz CT molecular complexity index is 654. The maximum absolute atomic E-state index is 10.9. The molecule has 3 rings (SSSR count). The maximum Gasteiger partial charge on any atom is 0.269 e. The Morgan fingerprint density at radius 3 is 3.00 bits per heavy atom. The highest BCUT2D eigenvalue weighted by molar-refractivity contribution is 7.09. The van der Waals surface area contributed by atoms with Gasteiger partial charge in [-0.1, -0.05) is 19.1 Å².